The zero-order valence-corrected chi connectivity index (χ0v) is 13.3. The molecule has 3 rings (SSSR count). The van der Waals surface area contributed by atoms with E-state index in [1.165, 1.54) is 37.8 Å². The van der Waals surface area contributed by atoms with E-state index in [0.29, 0.717) is 24.1 Å². The fourth-order valence-electron chi connectivity index (χ4n) is 3.79. The van der Waals surface area contributed by atoms with Crippen LogP contribution >= 0.6 is 12.2 Å². The van der Waals surface area contributed by atoms with Gasteiger partial charge in [-0.2, -0.15) is 5.26 Å². The summed E-state index contributed by atoms with van der Waals surface area (Å²) in [6, 6.07) is 8.88. The van der Waals surface area contributed by atoms with Crippen LogP contribution in [0, 0.1) is 29.0 Å². The number of fused-ring (bicyclic) bond motifs is 2. The standard InChI is InChI=1S/C17H20FN3S/c18-14-4-6-15(7-5-14)21(9-1-8-19)17(22)20-16-11-12-2-3-13(16)10-12/h4-7,12-13,16H,1-3,9-11H2,(H,20,22)/t12-,13+,16-/m1/s1. The summed E-state index contributed by atoms with van der Waals surface area (Å²) in [5, 5.41) is 13.0. The molecule has 2 bridgehead atoms. The van der Waals surface area contributed by atoms with Gasteiger partial charge in [0.25, 0.3) is 0 Å². The lowest BCUT2D eigenvalue weighted by atomic mass is 9.95. The van der Waals surface area contributed by atoms with Gasteiger partial charge in [-0.25, -0.2) is 4.39 Å². The molecule has 1 aromatic rings. The average Bonchev–Trinajstić information content (AvgIpc) is 3.12. The third kappa shape index (κ3) is 3.22. The fourth-order valence-corrected chi connectivity index (χ4v) is 4.14. The number of nitriles is 1. The summed E-state index contributed by atoms with van der Waals surface area (Å²) < 4.78 is 13.1. The van der Waals surface area contributed by atoms with E-state index < -0.39 is 0 Å². The highest BCUT2D eigenvalue weighted by molar-refractivity contribution is 7.80. The summed E-state index contributed by atoms with van der Waals surface area (Å²) in [6.07, 6.45) is 5.54. The number of anilines is 1. The van der Waals surface area contributed by atoms with Crippen molar-refractivity contribution < 1.29 is 4.39 Å². The predicted molar refractivity (Wildman–Crippen MR) is 88.9 cm³/mol. The Morgan fingerprint density at radius 2 is 2.09 bits per heavy atom. The van der Waals surface area contributed by atoms with E-state index in [4.69, 9.17) is 17.5 Å². The monoisotopic (exact) mass is 317 g/mol. The second kappa shape index (κ2) is 6.62. The van der Waals surface area contributed by atoms with Crippen LogP contribution in [-0.2, 0) is 0 Å². The smallest absolute Gasteiger partial charge is 0.173 e. The second-order valence-electron chi connectivity index (χ2n) is 6.27. The van der Waals surface area contributed by atoms with E-state index in [9.17, 15) is 4.39 Å². The Labute approximate surface area is 136 Å². The van der Waals surface area contributed by atoms with Crippen LogP contribution < -0.4 is 10.2 Å². The van der Waals surface area contributed by atoms with Crippen molar-refractivity contribution in [1.29, 1.82) is 5.26 Å². The average molecular weight is 317 g/mol. The van der Waals surface area contributed by atoms with Crippen LogP contribution in [0.25, 0.3) is 0 Å². The summed E-state index contributed by atoms with van der Waals surface area (Å²) in [7, 11) is 0. The number of nitrogens with zero attached hydrogens (tertiary/aromatic N) is 2. The molecule has 116 valence electrons. The third-order valence-corrected chi connectivity index (χ3v) is 5.22. The van der Waals surface area contributed by atoms with E-state index in [1.807, 2.05) is 4.90 Å². The van der Waals surface area contributed by atoms with E-state index in [0.717, 1.165) is 17.5 Å². The zero-order chi connectivity index (χ0) is 15.5. The molecule has 0 amide bonds. The summed E-state index contributed by atoms with van der Waals surface area (Å²) in [4.78, 5) is 1.91. The Hall–Kier alpha value is -1.67. The molecule has 3 nitrogen and oxygen atoms in total. The Balaban J connectivity index is 1.69. The molecule has 0 spiro atoms. The van der Waals surface area contributed by atoms with Gasteiger partial charge in [0.05, 0.1) is 12.5 Å². The van der Waals surface area contributed by atoms with E-state index in [2.05, 4.69) is 11.4 Å². The zero-order valence-electron chi connectivity index (χ0n) is 12.5. The van der Waals surface area contributed by atoms with Crippen molar-refractivity contribution >= 4 is 23.0 Å². The Bertz CT molecular complexity index is 581. The first kappa shape index (κ1) is 15.2. The van der Waals surface area contributed by atoms with Gasteiger partial charge in [0, 0.05) is 18.3 Å². The van der Waals surface area contributed by atoms with Crippen molar-refractivity contribution in [2.45, 2.75) is 38.1 Å². The number of thiocarbonyl (C=S) groups is 1. The van der Waals surface area contributed by atoms with E-state index in [1.54, 1.807) is 12.1 Å². The van der Waals surface area contributed by atoms with Crippen molar-refractivity contribution in [3.8, 4) is 6.07 Å². The fraction of sp³-hybridized carbons (Fsp3) is 0.529. The molecule has 22 heavy (non-hydrogen) atoms. The minimum atomic E-state index is -0.268. The van der Waals surface area contributed by atoms with Crippen LogP contribution in [0.4, 0.5) is 10.1 Å². The molecule has 0 unspecified atom stereocenters. The van der Waals surface area contributed by atoms with Gasteiger partial charge in [-0.3, -0.25) is 0 Å². The summed E-state index contributed by atoms with van der Waals surface area (Å²) >= 11 is 5.57. The quantitative estimate of drug-likeness (QED) is 0.861. The van der Waals surface area contributed by atoms with Gasteiger partial charge in [0.1, 0.15) is 5.82 Å². The molecule has 5 heteroatoms. The number of nitrogens with one attached hydrogen (secondary N) is 1. The molecule has 1 N–H and O–H groups in total. The predicted octanol–water partition coefficient (Wildman–Crippen LogP) is 3.61. The minimum Gasteiger partial charge on any atom is -0.359 e. The Morgan fingerprint density at radius 3 is 2.68 bits per heavy atom. The Kier molecular flexibility index (Phi) is 4.58. The SMILES string of the molecule is N#CCCN(C(=S)N[C@@H]1C[C@@H]2CC[C@H]1C2)c1ccc(F)cc1. The molecule has 0 saturated heterocycles. The lowest BCUT2D eigenvalue weighted by Crippen LogP contribution is -2.47. The van der Waals surface area contributed by atoms with Crippen molar-refractivity contribution in [3.63, 3.8) is 0 Å². The van der Waals surface area contributed by atoms with Gasteiger partial charge >= 0.3 is 0 Å². The molecular formula is C17H20FN3S. The molecule has 2 fully saturated rings. The highest BCUT2D eigenvalue weighted by atomic mass is 32.1. The van der Waals surface area contributed by atoms with Crippen LogP contribution in [0.15, 0.2) is 24.3 Å². The van der Waals surface area contributed by atoms with Gasteiger partial charge in [-0.15, -0.1) is 0 Å². The molecule has 1 aromatic carbocycles. The van der Waals surface area contributed by atoms with Crippen molar-refractivity contribution in [2.24, 2.45) is 11.8 Å². The first-order valence-corrected chi connectivity index (χ1v) is 8.28. The van der Waals surface area contributed by atoms with Crippen LogP contribution in [0.3, 0.4) is 0 Å². The topological polar surface area (TPSA) is 39.1 Å². The maximum Gasteiger partial charge on any atom is 0.173 e. The normalized spacial score (nSPS) is 25.7. The molecular weight excluding hydrogens is 297 g/mol. The molecule has 0 aliphatic heterocycles. The highest BCUT2D eigenvalue weighted by Gasteiger charge is 2.40. The van der Waals surface area contributed by atoms with Gasteiger partial charge in [-0.05, 0) is 67.6 Å². The van der Waals surface area contributed by atoms with Gasteiger partial charge in [0.15, 0.2) is 5.11 Å². The van der Waals surface area contributed by atoms with E-state index in [-0.39, 0.29) is 5.82 Å². The van der Waals surface area contributed by atoms with Crippen LogP contribution in [0.2, 0.25) is 0 Å². The van der Waals surface area contributed by atoms with Crippen molar-refractivity contribution in [1.82, 2.24) is 5.32 Å². The number of benzene rings is 1. The number of hydrogen-bond donors (Lipinski definition) is 1. The molecule has 2 aliphatic rings. The number of hydrogen-bond acceptors (Lipinski definition) is 2. The lowest BCUT2D eigenvalue weighted by molar-refractivity contribution is 0.390. The summed E-state index contributed by atoms with van der Waals surface area (Å²) in [6.45, 7) is 0.523. The first-order valence-electron chi connectivity index (χ1n) is 7.88. The molecule has 3 atom stereocenters. The van der Waals surface area contributed by atoms with Gasteiger partial charge in [-0.1, -0.05) is 6.42 Å². The van der Waals surface area contributed by atoms with E-state index >= 15 is 0 Å². The first-order chi connectivity index (χ1) is 10.7. The van der Waals surface area contributed by atoms with Crippen LogP contribution in [0.5, 0.6) is 0 Å². The van der Waals surface area contributed by atoms with Gasteiger partial charge in [0.2, 0.25) is 0 Å². The van der Waals surface area contributed by atoms with Crippen molar-refractivity contribution in [2.75, 3.05) is 11.4 Å². The van der Waals surface area contributed by atoms with Crippen LogP contribution in [-0.4, -0.2) is 17.7 Å². The third-order valence-electron chi connectivity index (χ3n) is 4.88. The maximum atomic E-state index is 13.1. The van der Waals surface area contributed by atoms with Gasteiger partial charge < -0.3 is 10.2 Å². The lowest BCUT2D eigenvalue weighted by Gasteiger charge is -2.30. The summed E-state index contributed by atoms with van der Waals surface area (Å²) in [5.41, 5.74) is 0.831. The molecule has 0 radical (unpaired) electrons. The minimum absolute atomic E-state index is 0.268. The summed E-state index contributed by atoms with van der Waals surface area (Å²) in [5.74, 6) is 1.31. The highest BCUT2D eigenvalue weighted by Crippen LogP contribution is 2.44. The number of halogens is 1. The molecule has 2 aliphatic carbocycles. The molecule has 0 aromatic heterocycles. The van der Waals surface area contributed by atoms with Crippen LogP contribution in [0.1, 0.15) is 32.1 Å². The number of rotatable bonds is 4. The Morgan fingerprint density at radius 1 is 1.32 bits per heavy atom. The molecule has 0 heterocycles. The second-order valence-corrected chi connectivity index (χ2v) is 6.65. The maximum absolute atomic E-state index is 13.1. The largest absolute Gasteiger partial charge is 0.359 e. The molecule has 2 saturated carbocycles. The van der Waals surface area contributed by atoms with Crippen molar-refractivity contribution in [3.05, 3.63) is 30.1 Å².